The van der Waals surface area contributed by atoms with Crippen molar-refractivity contribution >= 4 is 37.5 Å². The van der Waals surface area contributed by atoms with Gasteiger partial charge in [0.05, 0.1) is 6.04 Å². The second kappa shape index (κ2) is 5.17. The maximum absolute atomic E-state index is 9.51. The van der Waals surface area contributed by atoms with Crippen molar-refractivity contribution in [2.75, 3.05) is 5.32 Å². The van der Waals surface area contributed by atoms with Crippen LogP contribution in [0.15, 0.2) is 45.3 Å². The molecule has 2 N–H and O–H groups in total. The number of hydrogen-bond acceptors (Lipinski definition) is 2. The van der Waals surface area contributed by atoms with Gasteiger partial charge < -0.3 is 10.4 Å². The summed E-state index contributed by atoms with van der Waals surface area (Å²) in [5, 5.41) is 13.1. The third kappa shape index (κ3) is 2.65. The molecule has 2 aromatic carbocycles. The summed E-state index contributed by atoms with van der Waals surface area (Å²) in [5.74, 6) is 0.351. The lowest BCUT2D eigenvalue weighted by atomic mass is 10.1. The third-order valence-corrected chi connectivity index (χ3v) is 4.61. The lowest BCUT2D eigenvalue weighted by Gasteiger charge is -2.17. The Labute approximate surface area is 129 Å². The summed E-state index contributed by atoms with van der Waals surface area (Å²) in [6, 6.07) is 12.1. The Morgan fingerprint density at radius 2 is 1.95 bits per heavy atom. The summed E-state index contributed by atoms with van der Waals surface area (Å²) in [5.41, 5.74) is 3.62. The average molecular weight is 383 g/mol. The first kappa shape index (κ1) is 13.0. The SMILES string of the molecule is Oc1ccc2c(c1)CCC2Nc1ccc(Br)cc1Br. The molecule has 0 spiro atoms. The van der Waals surface area contributed by atoms with Crippen molar-refractivity contribution in [3.63, 3.8) is 0 Å². The van der Waals surface area contributed by atoms with E-state index >= 15 is 0 Å². The van der Waals surface area contributed by atoms with E-state index in [-0.39, 0.29) is 0 Å². The highest BCUT2D eigenvalue weighted by Gasteiger charge is 2.23. The Kier molecular flexibility index (Phi) is 3.54. The first-order chi connectivity index (χ1) is 9.13. The van der Waals surface area contributed by atoms with Gasteiger partial charge in [-0.05, 0) is 70.2 Å². The number of aryl methyl sites for hydroxylation is 1. The highest BCUT2D eigenvalue weighted by atomic mass is 79.9. The van der Waals surface area contributed by atoms with E-state index < -0.39 is 0 Å². The lowest BCUT2D eigenvalue weighted by Crippen LogP contribution is -2.07. The van der Waals surface area contributed by atoms with Gasteiger partial charge in [0, 0.05) is 14.6 Å². The predicted molar refractivity (Wildman–Crippen MR) is 84.6 cm³/mol. The summed E-state index contributed by atoms with van der Waals surface area (Å²) in [4.78, 5) is 0. The number of phenols is 1. The molecule has 19 heavy (non-hydrogen) atoms. The Bertz CT molecular complexity index is 628. The Morgan fingerprint density at radius 1 is 1.11 bits per heavy atom. The molecule has 0 saturated carbocycles. The Hall–Kier alpha value is -1.000. The number of aromatic hydroxyl groups is 1. The van der Waals surface area contributed by atoms with Crippen molar-refractivity contribution in [3.05, 3.63) is 56.5 Å². The molecule has 0 heterocycles. The number of anilines is 1. The van der Waals surface area contributed by atoms with Crippen LogP contribution in [0.3, 0.4) is 0 Å². The minimum absolute atomic E-state index is 0.313. The van der Waals surface area contributed by atoms with E-state index in [0.29, 0.717) is 11.8 Å². The summed E-state index contributed by atoms with van der Waals surface area (Å²) in [6.07, 6.45) is 2.07. The topological polar surface area (TPSA) is 32.3 Å². The van der Waals surface area contributed by atoms with Crippen molar-refractivity contribution in [3.8, 4) is 5.75 Å². The summed E-state index contributed by atoms with van der Waals surface area (Å²) < 4.78 is 2.11. The van der Waals surface area contributed by atoms with Gasteiger partial charge in [0.15, 0.2) is 0 Å². The monoisotopic (exact) mass is 381 g/mol. The van der Waals surface area contributed by atoms with Gasteiger partial charge in [-0.15, -0.1) is 0 Å². The number of phenolic OH excluding ortho intramolecular Hbond substituents is 1. The normalized spacial score (nSPS) is 17.3. The molecular weight excluding hydrogens is 370 g/mol. The smallest absolute Gasteiger partial charge is 0.115 e. The van der Waals surface area contributed by atoms with Crippen LogP contribution in [0.25, 0.3) is 0 Å². The maximum Gasteiger partial charge on any atom is 0.115 e. The van der Waals surface area contributed by atoms with Gasteiger partial charge in [0.1, 0.15) is 5.75 Å². The lowest BCUT2D eigenvalue weighted by molar-refractivity contribution is 0.474. The number of fused-ring (bicyclic) bond motifs is 1. The largest absolute Gasteiger partial charge is 0.508 e. The van der Waals surface area contributed by atoms with Crippen LogP contribution in [0.5, 0.6) is 5.75 Å². The summed E-state index contributed by atoms with van der Waals surface area (Å²) in [7, 11) is 0. The molecule has 1 aliphatic rings. The number of halogens is 2. The third-order valence-electron chi connectivity index (χ3n) is 3.47. The molecule has 0 saturated heterocycles. The fourth-order valence-electron chi connectivity index (χ4n) is 2.55. The van der Waals surface area contributed by atoms with Crippen LogP contribution in [0.4, 0.5) is 5.69 Å². The summed E-state index contributed by atoms with van der Waals surface area (Å²) in [6.45, 7) is 0. The Balaban J connectivity index is 1.86. The molecule has 1 unspecified atom stereocenters. The van der Waals surface area contributed by atoms with Gasteiger partial charge in [0.2, 0.25) is 0 Å². The van der Waals surface area contributed by atoms with Crippen molar-refractivity contribution in [2.24, 2.45) is 0 Å². The second-order valence-corrected chi connectivity index (χ2v) is 6.51. The van der Waals surface area contributed by atoms with Gasteiger partial charge in [-0.1, -0.05) is 22.0 Å². The zero-order valence-corrected chi connectivity index (χ0v) is 13.3. The average Bonchev–Trinajstić information content (AvgIpc) is 2.75. The first-order valence-corrected chi connectivity index (χ1v) is 7.75. The van der Waals surface area contributed by atoms with Gasteiger partial charge in [-0.25, -0.2) is 0 Å². The zero-order valence-electron chi connectivity index (χ0n) is 10.2. The zero-order chi connectivity index (χ0) is 13.4. The molecule has 3 rings (SSSR count). The van der Waals surface area contributed by atoms with Crippen molar-refractivity contribution in [1.29, 1.82) is 0 Å². The fraction of sp³-hybridized carbons (Fsp3) is 0.200. The second-order valence-electron chi connectivity index (χ2n) is 4.74. The van der Waals surface area contributed by atoms with Crippen LogP contribution in [0.2, 0.25) is 0 Å². The van der Waals surface area contributed by atoms with E-state index in [0.717, 1.165) is 27.5 Å². The van der Waals surface area contributed by atoms with Gasteiger partial charge in [-0.2, -0.15) is 0 Å². The number of hydrogen-bond donors (Lipinski definition) is 2. The molecule has 0 bridgehead atoms. The van der Waals surface area contributed by atoms with Crippen LogP contribution in [-0.2, 0) is 6.42 Å². The van der Waals surface area contributed by atoms with Crippen LogP contribution in [-0.4, -0.2) is 5.11 Å². The summed E-state index contributed by atoms with van der Waals surface area (Å²) >= 11 is 7.03. The van der Waals surface area contributed by atoms with E-state index in [2.05, 4.69) is 43.2 Å². The minimum Gasteiger partial charge on any atom is -0.508 e. The molecule has 98 valence electrons. The molecule has 1 aliphatic carbocycles. The Morgan fingerprint density at radius 3 is 2.74 bits per heavy atom. The van der Waals surface area contributed by atoms with E-state index in [1.54, 1.807) is 6.07 Å². The van der Waals surface area contributed by atoms with Crippen molar-refractivity contribution < 1.29 is 5.11 Å². The molecule has 0 radical (unpaired) electrons. The number of rotatable bonds is 2. The van der Waals surface area contributed by atoms with Crippen LogP contribution < -0.4 is 5.32 Å². The molecule has 0 aliphatic heterocycles. The molecule has 2 aromatic rings. The van der Waals surface area contributed by atoms with Crippen LogP contribution >= 0.6 is 31.9 Å². The van der Waals surface area contributed by atoms with Crippen LogP contribution in [0, 0.1) is 0 Å². The van der Waals surface area contributed by atoms with E-state index in [1.165, 1.54) is 11.1 Å². The highest BCUT2D eigenvalue weighted by molar-refractivity contribution is 9.11. The molecular formula is C15H13Br2NO. The van der Waals surface area contributed by atoms with Crippen LogP contribution in [0.1, 0.15) is 23.6 Å². The standard InChI is InChI=1S/C15H13Br2NO/c16-10-2-6-15(13(17)8-10)18-14-5-1-9-7-11(19)3-4-12(9)14/h2-4,6-8,14,18-19H,1,5H2. The maximum atomic E-state index is 9.51. The highest BCUT2D eigenvalue weighted by Crippen LogP contribution is 2.37. The quantitative estimate of drug-likeness (QED) is 0.764. The molecule has 0 fully saturated rings. The molecule has 1 atom stereocenters. The van der Waals surface area contributed by atoms with E-state index in [1.807, 2.05) is 24.3 Å². The molecule has 2 nitrogen and oxygen atoms in total. The van der Waals surface area contributed by atoms with Crippen molar-refractivity contribution in [2.45, 2.75) is 18.9 Å². The number of nitrogens with one attached hydrogen (secondary N) is 1. The van der Waals surface area contributed by atoms with E-state index in [4.69, 9.17) is 0 Å². The minimum atomic E-state index is 0.313. The van der Waals surface area contributed by atoms with Gasteiger partial charge in [-0.3, -0.25) is 0 Å². The molecule has 4 heteroatoms. The number of benzene rings is 2. The molecule has 0 aromatic heterocycles. The van der Waals surface area contributed by atoms with Crippen molar-refractivity contribution in [1.82, 2.24) is 0 Å². The van der Waals surface area contributed by atoms with E-state index in [9.17, 15) is 5.11 Å². The van der Waals surface area contributed by atoms with Gasteiger partial charge in [0.25, 0.3) is 0 Å². The predicted octanol–water partition coefficient (Wildman–Crippen LogP) is 5.02. The fourth-order valence-corrected chi connectivity index (χ4v) is 3.71. The first-order valence-electron chi connectivity index (χ1n) is 6.17. The molecule has 0 amide bonds. The van der Waals surface area contributed by atoms with Gasteiger partial charge >= 0.3 is 0 Å².